The van der Waals surface area contributed by atoms with Crippen molar-refractivity contribution in [3.8, 4) is 5.75 Å². The van der Waals surface area contributed by atoms with Gasteiger partial charge < -0.3 is 15.0 Å². The smallest absolute Gasteiger partial charge is 0.229 e. The van der Waals surface area contributed by atoms with Crippen molar-refractivity contribution in [1.29, 1.82) is 0 Å². The topological polar surface area (TPSA) is 58.6 Å². The van der Waals surface area contributed by atoms with Gasteiger partial charge in [-0.3, -0.25) is 9.59 Å². The molecule has 1 aliphatic heterocycles. The van der Waals surface area contributed by atoms with E-state index in [1.165, 1.54) is 0 Å². The highest BCUT2D eigenvalue weighted by molar-refractivity contribution is 6.04. The molecule has 1 N–H and O–H groups in total. The molecule has 5 nitrogen and oxygen atoms in total. The van der Waals surface area contributed by atoms with E-state index in [9.17, 15) is 9.59 Å². The van der Waals surface area contributed by atoms with Gasteiger partial charge in [0, 0.05) is 18.7 Å². The van der Waals surface area contributed by atoms with Gasteiger partial charge in [-0.1, -0.05) is 29.8 Å². The van der Waals surface area contributed by atoms with Gasteiger partial charge in [-0.25, -0.2) is 0 Å². The van der Waals surface area contributed by atoms with Crippen LogP contribution in [0.1, 0.15) is 17.5 Å². The van der Waals surface area contributed by atoms with Crippen LogP contribution >= 0.6 is 0 Å². The van der Waals surface area contributed by atoms with Crippen molar-refractivity contribution in [2.24, 2.45) is 5.92 Å². The molecule has 0 aromatic heterocycles. The zero-order valence-corrected chi connectivity index (χ0v) is 14.7. The number of para-hydroxylation sites is 2. The lowest BCUT2D eigenvalue weighted by molar-refractivity contribution is -0.122. The second-order valence-electron chi connectivity index (χ2n) is 6.38. The Labute approximate surface area is 147 Å². The lowest BCUT2D eigenvalue weighted by Gasteiger charge is -2.19. The Balaban J connectivity index is 1.74. The summed E-state index contributed by atoms with van der Waals surface area (Å²) >= 11 is 0. The van der Waals surface area contributed by atoms with Gasteiger partial charge in [0.1, 0.15) is 5.75 Å². The highest BCUT2D eigenvalue weighted by atomic mass is 16.5. The molecule has 0 spiro atoms. The standard InChI is InChI=1S/C20H22N2O3/c1-13-8-9-17(14(2)10-13)22-12-15(11-19(22)23)20(24)21-16-6-4-5-7-18(16)25-3/h4-10,15H,11-12H2,1-3H3,(H,21,24)/t15-/m0/s1. The van der Waals surface area contributed by atoms with Crippen LogP contribution in [0.25, 0.3) is 0 Å². The average molecular weight is 338 g/mol. The van der Waals surface area contributed by atoms with Gasteiger partial charge in [0.15, 0.2) is 0 Å². The summed E-state index contributed by atoms with van der Waals surface area (Å²) in [4.78, 5) is 26.7. The van der Waals surface area contributed by atoms with Crippen molar-refractivity contribution in [2.45, 2.75) is 20.3 Å². The Hall–Kier alpha value is -2.82. The van der Waals surface area contributed by atoms with Crippen molar-refractivity contribution < 1.29 is 14.3 Å². The summed E-state index contributed by atoms with van der Waals surface area (Å²) in [6.07, 6.45) is 0.217. The number of nitrogens with one attached hydrogen (secondary N) is 1. The number of carbonyl (C=O) groups excluding carboxylic acids is 2. The first-order valence-electron chi connectivity index (χ1n) is 8.31. The number of ether oxygens (including phenoxy) is 1. The Morgan fingerprint density at radius 3 is 2.68 bits per heavy atom. The normalized spacial score (nSPS) is 16.8. The van der Waals surface area contributed by atoms with Gasteiger partial charge in [-0.05, 0) is 37.6 Å². The number of carbonyl (C=O) groups is 2. The van der Waals surface area contributed by atoms with E-state index in [0.29, 0.717) is 18.0 Å². The average Bonchev–Trinajstić information content (AvgIpc) is 2.97. The number of hydrogen-bond acceptors (Lipinski definition) is 3. The lowest BCUT2D eigenvalue weighted by atomic mass is 10.1. The number of methoxy groups -OCH3 is 1. The van der Waals surface area contributed by atoms with Crippen LogP contribution in [-0.2, 0) is 9.59 Å². The Kier molecular flexibility index (Phi) is 4.74. The van der Waals surface area contributed by atoms with E-state index < -0.39 is 0 Å². The molecular weight excluding hydrogens is 316 g/mol. The summed E-state index contributed by atoms with van der Waals surface area (Å²) < 4.78 is 5.26. The van der Waals surface area contributed by atoms with Crippen LogP contribution < -0.4 is 15.0 Å². The van der Waals surface area contributed by atoms with E-state index in [2.05, 4.69) is 5.32 Å². The zero-order valence-electron chi connectivity index (χ0n) is 14.7. The van der Waals surface area contributed by atoms with E-state index in [4.69, 9.17) is 4.74 Å². The molecule has 0 radical (unpaired) electrons. The second-order valence-corrected chi connectivity index (χ2v) is 6.38. The minimum Gasteiger partial charge on any atom is -0.495 e. The molecule has 1 atom stereocenters. The van der Waals surface area contributed by atoms with Gasteiger partial charge in [0.25, 0.3) is 0 Å². The molecule has 0 unspecified atom stereocenters. The molecule has 1 aliphatic rings. The molecule has 2 amide bonds. The highest BCUT2D eigenvalue weighted by Gasteiger charge is 2.35. The number of rotatable bonds is 4. The van der Waals surface area contributed by atoms with Crippen LogP contribution in [0.3, 0.4) is 0 Å². The lowest BCUT2D eigenvalue weighted by Crippen LogP contribution is -2.28. The molecule has 0 bridgehead atoms. The van der Waals surface area contributed by atoms with Crippen molar-refractivity contribution >= 4 is 23.2 Å². The van der Waals surface area contributed by atoms with Gasteiger partial charge >= 0.3 is 0 Å². The molecule has 1 heterocycles. The Morgan fingerprint density at radius 2 is 1.96 bits per heavy atom. The van der Waals surface area contributed by atoms with Crippen LogP contribution in [-0.4, -0.2) is 25.5 Å². The fourth-order valence-electron chi connectivity index (χ4n) is 3.21. The molecule has 1 fully saturated rings. The fourth-order valence-corrected chi connectivity index (χ4v) is 3.21. The van der Waals surface area contributed by atoms with E-state index in [-0.39, 0.29) is 24.2 Å². The molecule has 0 aliphatic carbocycles. The molecular formula is C20H22N2O3. The number of hydrogen-bond donors (Lipinski definition) is 1. The molecule has 3 rings (SSSR count). The Bertz CT molecular complexity index is 816. The predicted octanol–water partition coefficient (Wildman–Crippen LogP) is 3.30. The summed E-state index contributed by atoms with van der Waals surface area (Å²) in [5.74, 6) is 0.0433. The third-order valence-corrected chi connectivity index (χ3v) is 4.50. The maximum atomic E-state index is 12.6. The zero-order chi connectivity index (χ0) is 18.0. The Morgan fingerprint density at radius 1 is 1.20 bits per heavy atom. The maximum Gasteiger partial charge on any atom is 0.229 e. The van der Waals surface area contributed by atoms with E-state index >= 15 is 0 Å². The number of amides is 2. The van der Waals surface area contributed by atoms with Crippen LogP contribution in [0.2, 0.25) is 0 Å². The summed E-state index contributed by atoms with van der Waals surface area (Å²) in [6, 6.07) is 13.2. The molecule has 130 valence electrons. The van der Waals surface area contributed by atoms with Crippen molar-refractivity contribution in [1.82, 2.24) is 0 Å². The highest BCUT2D eigenvalue weighted by Crippen LogP contribution is 2.30. The minimum absolute atomic E-state index is 0.0212. The number of anilines is 2. The SMILES string of the molecule is COc1ccccc1NC(=O)[C@H]1CC(=O)N(c2ccc(C)cc2C)C1. The van der Waals surface area contributed by atoms with Gasteiger partial charge in [-0.2, -0.15) is 0 Å². The van der Waals surface area contributed by atoms with Crippen molar-refractivity contribution in [3.63, 3.8) is 0 Å². The fraction of sp³-hybridized carbons (Fsp3) is 0.300. The van der Waals surface area contributed by atoms with Gasteiger partial charge in [0.2, 0.25) is 11.8 Å². The van der Waals surface area contributed by atoms with Crippen LogP contribution in [0.4, 0.5) is 11.4 Å². The first kappa shape index (κ1) is 17.0. The monoisotopic (exact) mass is 338 g/mol. The van der Waals surface area contributed by atoms with Crippen molar-refractivity contribution in [2.75, 3.05) is 23.9 Å². The molecule has 1 saturated heterocycles. The van der Waals surface area contributed by atoms with E-state index in [0.717, 1.165) is 16.8 Å². The summed E-state index contributed by atoms with van der Waals surface area (Å²) in [6.45, 7) is 4.40. The molecule has 5 heteroatoms. The van der Waals surface area contributed by atoms with Crippen LogP contribution in [0, 0.1) is 19.8 Å². The maximum absolute atomic E-state index is 12.6. The quantitative estimate of drug-likeness (QED) is 0.930. The largest absolute Gasteiger partial charge is 0.495 e. The number of nitrogens with zero attached hydrogens (tertiary/aromatic N) is 1. The molecule has 0 saturated carbocycles. The second kappa shape index (κ2) is 6.97. The summed E-state index contributed by atoms with van der Waals surface area (Å²) in [5.41, 5.74) is 3.69. The number of aryl methyl sites for hydroxylation is 2. The molecule has 25 heavy (non-hydrogen) atoms. The van der Waals surface area contributed by atoms with Gasteiger partial charge in [-0.15, -0.1) is 0 Å². The third kappa shape index (κ3) is 3.50. The minimum atomic E-state index is -0.377. The summed E-state index contributed by atoms with van der Waals surface area (Å²) in [7, 11) is 1.56. The molecule has 2 aromatic carbocycles. The van der Waals surface area contributed by atoms with Gasteiger partial charge in [0.05, 0.1) is 18.7 Å². The van der Waals surface area contributed by atoms with Crippen molar-refractivity contribution in [3.05, 3.63) is 53.6 Å². The van der Waals surface area contributed by atoms with E-state index in [1.54, 1.807) is 24.1 Å². The van der Waals surface area contributed by atoms with Crippen LogP contribution in [0.15, 0.2) is 42.5 Å². The predicted molar refractivity (Wildman–Crippen MR) is 98.0 cm³/mol. The summed E-state index contributed by atoms with van der Waals surface area (Å²) in [5, 5.41) is 2.88. The first-order chi connectivity index (χ1) is 12.0. The number of benzene rings is 2. The molecule has 2 aromatic rings. The first-order valence-corrected chi connectivity index (χ1v) is 8.31. The van der Waals surface area contributed by atoms with Crippen LogP contribution in [0.5, 0.6) is 5.75 Å². The van der Waals surface area contributed by atoms with E-state index in [1.807, 2.05) is 44.2 Å². The third-order valence-electron chi connectivity index (χ3n) is 4.50.